The van der Waals surface area contributed by atoms with Gasteiger partial charge in [0.25, 0.3) is 5.91 Å². The molecule has 3 heterocycles. The van der Waals surface area contributed by atoms with Gasteiger partial charge >= 0.3 is 0 Å². The number of halogens is 1. The van der Waals surface area contributed by atoms with Gasteiger partial charge in [0.15, 0.2) is 6.10 Å². The van der Waals surface area contributed by atoms with E-state index >= 15 is 0 Å². The molecule has 7 heteroatoms. The van der Waals surface area contributed by atoms with Crippen LogP contribution in [0.5, 0.6) is 0 Å². The van der Waals surface area contributed by atoms with Crippen molar-refractivity contribution in [3.63, 3.8) is 0 Å². The third kappa shape index (κ3) is 2.87. The summed E-state index contributed by atoms with van der Waals surface area (Å²) in [6, 6.07) is 18.1. The second-order valence-corrected chi connectivity index (χ2v) is 8.53. The zero-order valence-electron chi connectivity index (χ0n) is 15.5. The van der Waals surface area contributed by atoms with Crippen LogP contribution < -0.4 is 9.96 Å². The van der Waals surface area contributed by atoms with Crippen LogP contribution in [0.25, 0.3) is 0 Å². The summed E-state index contributed by atoms with van der Waals surface area (Å²) in [5.41, 5.74) is 2.34. The molecule has 0 aliphatic carbocycles. The number of hydrogen-bond donors (Lipinski definition) is 0. The van der Waals surface area contributed by atoms with Gasteiger partial charge in [0.1, 0.15) is 12.0 Å². The van der Waals surface area contributed by atoms with Gasteiger partial charge in [-0.15, -0.1) is 11.3 Å². The minimum Gasteiger partial charge on any atom is -0.273 e. The van der Waals surface area contributed by atoms with Crippen LogP contribution in [0, 0.1) is 12.8 Å². The predicted octanol–water partition coefficient (Wildman–Crippen LogP) is 4.76. The van der Waals surface area contributed by atoms with Gasteiger partial charge in [0.05, 0.1) is 11.4 Å². The van der Waals surface area contributed by atoms with Crippen molar-refractivity contribution in [2.45, 2.75) is 19.1 Å². The van der Waals surface area contributed by atoms with E-state index in [4.69, 9.17) is 16.4 Å². The maximum atomic E-state index is 13.4. The molecule has 0 N–H and O–H groups in total. The number of hydroxylamine groups is 1. The maximum absolute atomic E-state index is 13.4. The van der Waals surface area contributed by atoms with E-state index in [-0.39, 0.29) is 17.9 Å². The molecular formula is C22H17ClN2O3S. The van der Waals surface area contributed by atoms with E-state index in [1.807, 2.05) is 48.7 Å². The molecule has 2 amide bonds. The van der Waals surface area contributed by atoms with Gasteiger partial charge in [-0.1, -0.05) is 41.9 Å². The van der Waals surface area contributed by atoms with Gasteiger partial charge in [-0.05, 0) is 48.2 Å². The van der Waals surface area contributed by atoms with Crippen molar-refractivity contribution in [3.8, 4) is 0 Å². The van der Waals surface area contributed by atoms with Crippen LogP contribution in [0.3, 0.4) is 0 Å². The van der Waals surface area contributed by atoms with Gasteiger partial charge in [0.2, 0.25) is 5.91 Å². The Balaban J connectivity index is 1.59. The number of benzene rings is 2. The zero-order valence-corrected chi connectivity index (χ0v) is 17.1. The molecule has 2 aliphatic heterocycles. The molecule has 0 saturated carbocycles. The number of rotatable bonds is 3. The molecule has 5 rings (SSSR count). The number of aryl methyl sites for hydroxylation is 1. The van der Waals surface area contributed by atoms with Crippen LogP contribution >= 0.6 is 22.9 Å². The third-order valence-electron chi connectivity index (χ3n) is 5.37. The Bertz CT molecular complexity index is 1100. The lowest BCUT2D eigenvalue weighted by Gasteiger charge is -2.28. The van der Waals surface area contributed by atoms with Crippen LogP contribution in [0.4, 0.5) is 11.4 Å². The minimum atomic E-state index is -0.867. The standard InChI is InChI=1S/C22H17ClN2O3S/c1-13-6-2-3-9-16(13)25-19(17-10-5-11-29-17)18-20(28-25)22(27)24(21(18)26)15-8-4-7-14(23)12-15/h2-12,18-20H,1H3/t18-,19+,20-/m0/s1. The van der Waals surface area contributed by atoms with Crippen LogP contribution in [-0.2, 0) is 14.4 Å². The smallest absolute Gasteiger partial charge is 0.266 e. The summed E-state index contributed by atoms with van der Waals surface area (Å²) in [7, 11) is 0. The highest BCUT2D eigenvalue weighted by Crippen LogP contribution is 2.49. The maximum Gasteiger partial charge on any atom is 0.266 e. The van der Waals surface area contributed by atoms with Crippen molar-refractivity contribution in [2.75, 3.05) is 9.96 Å². The Labute approximate surface area is 177 Å². The molecule has 29 heavy (non-hydrogen) atoms. The molecule has 2 aliphatic rings. The van der Waals surface area contributed by atoms with E-state index in [1.165, 1.54) is 4.90 Å². The molecular weight excluding hydrogens is 408 g/mol. The highest BCUT2D eigenvalue weighted by molar-refractivity contribution is 7.10. The van der Waals surface area contributed by atoms with Gasteiger partial charge in [-0.25, -0.2) is 9.96 Å². The number of anilines is 2. The average molecular weight is 425 g/mol. The Hall–Kier alpha value is -2.67. The molecule has 1 aromatic heterocycles. The lowest BCUT2D eigenvalue weighted by Crippen LogP contribution is -2.37. The number of nitrogens with zero attached hydrogens (tertiary/aromatic N) is 2. The van der Waals surface area contributed by atoms with Crippen LogP contribution in [-0.4, -0.2) is 17.9 Å². The molecule has 0 spiro atoms. The van der Waals surface area contributed by atoms with Gasteiger partial charge in [0, 0.05) is 9.90 Å². The fourth-order valence-corrected chi connectivity index (χ4v) is 5.09. The van der Waals surface area contributed by atoms with E-state index < -0.39 is 12.0 Å². The Morgan fingerprint density at radius 1 is 1.00 bits per heavy atom. The fourth-order valence-electron chi connectivity index (χ4n) is 4.05. The summed E-state index contributed by atoms with van der Waals surface area (Å²) in [4.78, 5) is 35.0. The number of carbonyl (C=O) groups is 2. The minimum absolute atomic E-state index is 0.267. The first-order chi connectivity index (χ1) is 14.1. The molecule has 146 valence electrons. The molecule has 2 aromatic carbocycles. The fraction of sp³-hybridized carbons (Fsp3) is 0.182. The highest BCUT2D eigenvalue weighted by Gasteiger charge is 2.60. The number of carbonyl (C=O) groups excluding carboxylic acids is 2. The average Bonchev–Trinajstić information content (AvgIpc) is 3.40. The first kappa shape index (κ1) is 18.4. The molecule has 3 atom stereocenters. The predicted molar refractivity (Wildman–Crippen MR) is 113 cm³/mol. The van der Waals surface area contributed by atoms with E-state index in [0.717, 1.165) is 16.1 Å². The topological polar surface area (TPSA) is 49.9 Å². The van der Waals surface area contributed by atoms with Crippen molar-refractivity contribution < 1.29 is 14.4 Å². The summed E-state index contributed by atoms with van der Waals surface area (Å²) in [6.45, 7) is 1.99. The lowest BCUT2D eigenvalue weighted by molar-refractivity contribution is -0.126. The summed E-state index contributed by atoms with van der Waals surface area (Å²) >= 11 is 7.63. The van der Waals surface area contributed by atoms with Crippen molar-refractivity contribution >= 4 is 46.1 Å². The molecule has 0 unspecified atom stereocenters. The summed E-state index contributed by atoms with van der Waals surface area (Å²) in [6.07, 6.45) is -0.867. The molecule has 2 fully saturated rings. The number of para-hydroxylation sites is 1. The Morgan fingerprint density at radius 2 is 1.83 bits per heavy atom. The normalized spacial score (nSPS) is 23.7. The molecule has 5 nitrogen and oxygen atoms in total. The molecule has 0 radical (unpaired) electrons. The van der Waals surface area contributed by atoms with E-state index in [9.17, 15) is 9.59 Å². The highest BCUT2D eigenvalue weighted by atomic mass is 35.5. The monoisotopic (exact) mass is 424 g/mol. The molecule has 2 saturated heterocycles. The van der Waals surface area contributed by atoms with Crippen molar-refractivity contribution in [1.82, 2.24) is 0 Å². The van der Waals surface area contributed by atoms with Crippen LogP contribution in [0.2, 0.25) is 5.02 Å². The lowest BCUT2D eigenvalue weighted by atomic mass is 9.95. The van der Waals surface area contributed by atoms with Crippen molar-refractivity contribution in [2.24, 2.45) is 5.92 Å². The van der Waals surface area contributed by atoms with E-state index in [0.29, 0.717) is 10.7 Å². The van der Waals surface area contributed by atoms with Gasteiger partial charge < -0.3 is 0 Å². The number of hydrogen-bond acceptors (Lipinski definition) is 5. The van der Waals surface area contributed by atoms with E-state index in [1.54, 1.807) is 40.7 Å². The quantitative estimate of drug-likeness (QED) is 0.569. The first-order valence-electron chi connectivity index (χ1n) is 9.24. The van der Waals surface area contributed by atoms with Crippen molar-refractivity contribution in [3.05, 3.63) is 81.5 Å². The summed E-state index contributed by atoms with van der Waals surface area (Å²) < 4.78 is 0. The summed E-state index contributed by atoms with van der Waals surface area (Å²) in [5.74, 6) is -1.25. The largest absolute Gasteiger partial charge is 0.273 e. The first-order valence-corrected chi connectivity index (χ1v) is 10.5. The Kier molecular flexibility index (Phi) is 4.42. The SMILES string of the molecule is Cc1ccccc1N1O[C@@H]2C(=O)N(c3cccc(Cl)c3)C(=O)[C@H]2[C@H]1c1cccs1. The molecule has 0 bridgehead atoms. The summed E-state index contributed by atoms with van der Waals surface area (Å²) in [5, 5.41) is 4.17. The second-order valence-electron chi connectivity index (χ2n) is 7.12. The number of thiophene rings is 1. The zero-order chi connectivity index (χ0) is 20.1. The number of amides is 2. The van der Waals surface area contributed by atoms with Crippen molar-refractivity contribution in [1.29, 1.82) is 0 Å². The number of imide groups is 1. The van der Waals surface area contributed by atoms with E-state index in [2.05, 4.69) is 0 Å². The van der Waals surface area contributed by atoms with Gasteiger partial charge in [-0.3, -0.25) is 14.4 Å². The second kappa shape index (κ2) is 6.99. The van der Waals surface area contributed by atoms with Crippen LogP contribution in [0.1, 0.15) is 16.5 Å². The number of fused-ring (bicyclic) bond motifs is 1. The Morgan fingerprint density at radius 3 is 2.55 bits per heavy atom. The van der Waals surface area contributed by atoms with Gasteiger partial charge in [-0.2, -0.15) is 0 Å². The third-order valence-corrected chi connectivity index (χ3v) is 6.55. The molecule has 3 aromatic rings. The van der Waals surface area contributed by atoms with Crippen LogP contribution in [0.15, 0.2) is 66.0 Å².